The molecule has 0 saturated carbocycles. The van der Waals surface area contributed by atoms with Crippen LogP contribution in [0.1, 0.15) is 16.7 Å². The van der Waals surface area contributed by atoms with Crippen molar-refractivity contribution in [1.82, 2.24) is 4.90 Å². The van der Waals surface area contributed by atoms with Crippen LogP contribution >= 0.6 is 0 Å². The van der Waals surface area contributed by atoms with Crippen molar-refractivity contribution in [2.24, 2.45) is 0 Å². The molecule has 1 saturated heterocycles. The van der Waals surface area contributed by atoms with Crippen molar-refractivity contribution in [2.75, 3.05) is 32.3 Å². The van der Waals surface area contributed by atoms with Crippen molar-refractivity contribution in [2.45, 2.75) is 36.1 Å². The van der Waals surface area contributed by atoms with Gasteiger partial charge in [-0.1, -0.05) is 17.7 Å². The number of methoxy groups -OCH3 is 2. The number of aryl methyl sites for hydroxylation is 1. The van der Waals surface area contributed by atoms with Crippen molar-refractivity contribution in [3.63, 3.8) is 0 Å². The number of nitrogens with zero attached hydrogens (tertiary/aromatic N) is 1. The zero-order valence-corrected chi connectivity index (χ0v) is 19.5. The molecular weight excluding hydrogens is 438 g/mol. The van der Waals surface area contributed by atoms with Crippen LogP contribution in [0.25, 0.3) is 0 Å². The summed E-state index contributed by atoms with van der Waals surface area (Å²) in [6.07, 6.45) is 0.684. The van der Waals surface area contributed by atoms with Gasteiger partial charge in [0.05, 0.1) is 35.9 Å². The Morgan fingerprint density at radius 2 is 1.58 bits per heavy atom. The lowest BCUT2D eigenvalue weighted by Gasteiger charge is -2.36. The van der Waals surface area contributed by atoms with Crippen LogP contribution in [0, 0.1) is 6.92 Å². The van der Waals surface area contributed by atoms with E-state index in [1.165, 1.54) is 0 Å². The average molecular weight is 466 g/mol. The Hall–Kier alpha value is -2.10. The minimum atomic E-state index is -3.79. The third-order valence-electron chi connectivity index (χ3n) is 6.24. The highest BCUT2D eigenvalue weighted by molar-refractivity contribution is 7.96. The summed E-state index contributed by atoms with van der Waals surface area (Å²) in [5.41, 5.74) is 3.05. The summed E-state index contributed by atoms with van der Waals surface area (Å²) in [7, 11) is -4.10. The minimum Gasteiger partial charge on any atom is -0.493 e. The van der Waals surface area contributed by atoms with Crippen LogP contribution in [0.15, 0.2) is 41.3 Å². The number of fused-ring (bicyclic) bond motifs is 1. The standard InChI is InChI=1S/C22H27NO6S2/c1-15-4-6-18(7-5-15)31(26,27)22-14-30(24,25)13-19(22)23-9-8-16-10-20(28-2)21(29-3)11-17(16)12-23/h4-7,10-11,19,22H,8-9,12-14H2,1-3H3/t19-,22-/m0/s1. The lowest BCUT2D eigenvalue weighted by Crippen LogP contribution is -2.48. The van der Waals surface area contributed by atoms with E-state index >= 15 is 0 Å². The summed E-state index contributed by atoms with van der Waals surface area (Å²) in [6, 6.07) is 9.86. The highest BCUT2D eigenvalue weighted by Gasteiger charge is 2.48. The van der Waals surface area contributed by atoms with E-state index < -0.39 is 31.0 Å². The highest BCUT2D eigenvalue weighted by Crippen LogP contribution is 2.36. The molecule has 0 unspecified atom stereocenters. The lowest BCUT2D eigenvalue weighted by molar-refractivity contribution is 0.195. The second kappa shape index (κ2) is 8.11. The molecule has 168 valence electrons. The van der Waals surface area contributed by atoms with Gasteiger partial charge in [0.15, 0.2) is 31.2 Å². The smallest absolute Gasteiger partial charge is 0.183 e. The summed E-state index contributed by atoms with van der Waals surface area (Å²) in [4.78, 5) is 2.17. The van der Waals surface area contributed by atoms with Crippen molar-refractivity contribution in [3.05, 3.63) is 53.1 Å². The van der Waals surface area contributed by atoms with Crippen molar-refractivity contribution >= 4 is 19.7 Å². The molecule has 2 aliphatic heterocycles. The summed E-state index contributed by atoms with van der Waals surface area (Å²) in [5, 5.41) is -0.984. The molecule has 0 N–H and O–H groups in total. The number of hydrogen-bond donors (Lipinski definition) is 0. The Kier molecular flexibility index (Phi) is 5.78. The Bertz CT molecular complexity index is 1190. The Labute approximate surface area is 183 Å². The quantitative estimate of drug-likeness (QED) is 0.667. The Morgan fingerprint density at radius 1 is 0.968 bits per heavy atom. The van der Waals surface area contributed by atoms with Gasteiger partial charge in [-0.3, -0.25) is 4.90 Å². The molecule has 2 aromatic carbocycles. The van der Waals surface area contributed by atoms with Gasteiger partial charge in [-0.2, -0.15) is 0 Å². The van der Waals surface area contributed by atoms with E-state index in [1.54, 1.807) is 38.5 Å². The average Bonchev–Trinajstić information content (AvgIpc) is 3.09. The molecule has 0 spiro atoms. The molecule has 0 radical (unpaired) electrons. The normalized spacial score (nSPS) is 23.3. The molecule has 2 aromatic rings. The van der Waals surface area contributed by atoms with E-state index in [0.29, 0.717) is 31.0 Å². The van der Waals surface area contributed by atoms with E-state index in [9.17, 15) is 16.8 Å². The lowest BCUT2D eigenvalue weighted by atomic mass is 9.97. The zero-order valence-electron chi connectivity index (χ0n) is 17.9. The fourth-order valence-electron chi connectivity index (χ4n) is 4.52. The molecule has 7 nitrogen and oxygen atoms in total. The van der Waals surface area contributed by atoms with Crippen LogP contribution in [0.2, 0.25) is 0 Å². The molecule has 2 atom stereocenters. The SMILES string of the molecule is COc1cc2c(cc1OC)CN([C@H]1CS(=O)(=O)C[C@@H]1S(=O)(=O)c1ccc(C)cc1)CC2. The monoisotopic (exact) mass is 465 g/mol. The van der Waals surface area contributed by atoms with Gasteiger partial charge in [0, 0.05) is 19.1 Å². The highest BCUT2D eigenvalue weighted by atomic mass is 32.2. The van der Waals surface area contributed by atoms with Crippen LogP contribution in [0.4, 0.5) is 0 Å². The van der Waals surface area contributed by atoms with Gasteiger partial charge in [-0.05, 0) is 48.7 Å². The molecule has 2 heterocycles. The molecule has 9 heteroatoms. The first-order chi connectivity index (χ1) is 14.6. The topological polar surface area (TPSA) is 90.0 Å². The largest absolute Gasteiger partial charge is 0.493 e. The van der Waals surface area contributed by atoms with E-state index in [2.05, 4.69) is 0 Å². The number of sulfone groups is 2. The van der Waals surface area contributed by atoms with Crippen molar-refractivity contribution in [3.8, 4) is 11.5 Å². The van der Waals surface area contributed by atoms with Gasteiger partial charge in [0.1, 0.15) is 0 Å². The van der Waals surface area contributed by atoms with Crippen LogP contribution in [-0.4, -0.2) is 65.3 Å². The second-order valence-corrected chi connectivity index (χ2v) is 12.6. The fraction of sp³-hybridized carbons (Fsp3) is 0.455. The summed E-state index contributed by atoms with van der Waals surface area (Å²) >= 11 is 0. The van der Waals surface area contributed by atoms with E-state index in [-0.39, 0.29) is 16.4 Å². The minimum absolute atomic E-state index is 0.147. The van der Waals surface area contributed by atoms with Crippen LogP contribution < -0.4 is 9.47 Å². The first-order valence-electron chi connectivity index (χ1n) is 10.1. The third kappa shape index (κ3) is 4.18. The Morgan fingerprint density at radius 3 is 2.19 bits per heavy atom. The molecule has 0 bridgehead atoms. The molecule has 1 fully saturated rings. The summed E-state index contributed by atoms with van der Waals surface area (Å²) < 4.78 is 62.6. The van der Waals surface area contributed by atoms with Gasteiger partial charge >= 0.3 is 0 Å². The number of benzene rings is 2. The fourth-order valence-corrected chi connectivity index (χ4v) is 9.35. The molecule has 31 heavy (non-hydrogen) atoms. The van der Waals surface area contributed by atoms with E-state index in [4.69, 9.17) is 9.47 Å². The second-order valence-electron chi connectivity index (χ2n) is 8.24. The molecule has 0 amide bonds. The zero-order chi connectivity index (χ0) is 22.4. The molecule has 2 aliphatic rings. The summed E-state index contributed by atoms with van der Waals surface area (Å²) in [6.45, 7) is 2.94. The first-order valence-corrected chi connectivity index (χ1v) is 13.5. The van der Waals surface area contributed by atoms with Crippen LogP contribution in [0.3, 0.4) is 0 Å². The predicted octanol–water partition coefficient (Wildman–Crippen LogP) is 2.01. The van der Waals surface area contributed by atoms with E-state index in [1.807, 2.05) is 24.0 Å². The molecule has 4 rings (SSSR count). The number of ether oxygens (including phenoxy) is 2. The predicted molar refractivity (Wildman–Crippen MR) is 118 cm³/mol. The van der Waals surface area contributed by atoms with Crippen LogP contribution in [0.5, 0.6) is 11.5 Å². The van der Waals surface area contributed by atoms with Gasteiger partial charge in [-0.25, -0.2) is 16.8 Å². The maximum Gasteiger partial charge on any atom is 0.183 e. The first kappa shape index (κ1) is 22.1. The summed E-state index contributed by atoms with van der Waals surface area (Å²) in [5.74, 6) is 0.762. The van der Waals surface area contributed by atoms with Crippen LogP contribution in [-0.2, 0) is 32.6 Å². The maximum absolute atomic E-state index is 13.4. The van der Waals surface area contributed by atoms with Gasteiger partial charge in [-0.15, -0.1) is 0 Å². The third-order valence-corrected chi connectivity index (χ3v) is 10.4. The van der Waals surface area contributed by atoms with Crippen molar-refractivity contribution in [1.29, 1.82) is 0 Å². The Balaban J connectivity index is 1.67. The van der Waals surface area contributed by atoms with E-state index in [0.717, 1.165) is 16.7 Å². The molecule has 0 aromatic heterocycles. The van der Waals surface area contributed by atoms with Gasteiger partial charge in [0.2, 0.25) is 0 Å². The molecule has 0 aliphatic carbocycles. The van der Waals surface area contributed by atoms with Gasteiger partial charge in [0.25, 0.3) is 0 Å². The number of rotatable bonds is 5. The number of hydrogen-bond acceptors (Lipinski definition) is 7. The van der Waals surface area contributed by atoms with Gasteiger partial charge < -0.3 is 9.47 Å². The maximum atomic E-state index is 13.4. The molecular formula is C22H27NO6S2. The van der Waals surface area contributed by atoms with Crippen molar-refractivity contribution < 1.29 is 26.3 Å².